The van der Waals surface area contributed by atoms with Crippen molar-refractivity contribution >= 4 is 17.5 Å². The van der Waals surface area contributed by atoms with E-state index in [2.05, 4.69) is 10.6 Å². The first-order valence-electron chi connectivity index (χ1n) is 8.40. The Bertz CT molecular complexity index is 826. The zero-order valence-corrected chi connectivity index (χ0v) is 15.1. The fraction of sp³-hybridized carbons (Fsp3) is 0.300. The molecule has 0 unspecified atom stereocenters. The Labute approximate surface area is 152 Å². The smallest absolute Gasteiger partial charge is 0.319 e. The van der Waals surface area contributed by atoms with Crippen molar-refractivity contribution in [2.24, 2.45) is 0 Å². The lowest BCUT2D eigenvalue weighted by Gasteiger charge is -2.20. The summed E-state index contributed by atoms with van der Waals surface area (Å²) in [5.41, 5.74) is 1.84. The van der Waals surface area contributed by atoms with E-state index in [9.17, 15) is 9.59 Å². The molecule has 136 valence electrons. The highest BCUT2D eigenvalue weighted by Crippen LogP contribution is 2.47. The van der Waals surface area contributed by atoms with Gasteiger partial charge in [0.05, 0.1) is 19.8 Å². The number of Topliss-reactive ketones (excluding diaryl/α,β-unsaturated/α-hetero) is 1. The highest BCUT2D eigenvalue weighted by Gasteiger charge is 2.46. The van der Waals surface area contributed by atoms with Crippen LogP contribution in [0.2, 0.25) is 0 Å². The number of rotatable bonds is 6. The largest absolute Gasteiger partial charge is 0.493 e. The predicted octanol–water partition coefficient (Wildman–Crippen LogP) is 3.72. The van der Waals surface area contributed by atoms with Crippen LogP contribution in [0.3, 0.4) is 0 Å². The first-order valence-corrected chi connectivity index (χ1v) is 8.40. The van der Waals surface area contributed by atoms with E-state index in [0.717, 1.165) is 18.4 Å². The van der Waals surface area contributed by atoms with Gasteiger partial charge in [-0.25, -0.2) is 4.79 Å². The average molecular weight is 354 g/mol. The van der Waals surface area contributed by atoms with Crippen LogP contribution in [0.5, 0.6) is 11.5 Å². The maximum atomic E-state index is 12.4. The fourth-order valence-corrected chi connectivity index (χ4v) is 2.91. The monoisotopic (exact) mass is 354 g/mol. The Balaban J connectivity index is 1.69. The van der Waals surface area contributed by atoms with Gasteiger partial charge in [0.15, 0.2) is 17.3 Å². The molecule has 0 heterocycles. The van der Waals surface area contributed by atoms with Crippen molar-refractivity contribution in [2.45, 2.75) is 25.3 Å². The molecule has 6 nitrogen and oxygen atoms in total. The van der Waals surface area contributed by atoms with Crippen LogP contribution in [0.25, 0.3) is 0 Å². The number of urea groups is 1. The van der Waals surface area contributed by atoms with Gasteiger partial charge in [-0.15, -0.1) is 0 Å². The zero-order valence-electron chi connectivity index (χ0n) is 15.1. The number of benzene rings is 2. The molecule has 1 aliphatic carbocycles. The summed E-state index contributed by atoms with van der Waals surface area (Å²) in [7, 11) is 3.18. The van der Waals surface area contributed by atoms with E-state index in [1.165, 1.54) is 6.92 Å². The Morgan fingerprint density at radius 3 is 2.15 bits per heavy atom. The standard InChI is InChI=1S/C20H22N2O4/c1-13(23)14-4-7-16(8-5-14)21-19(24)22-20(10-11-20)15-6-9-17(25-2)18(12-15)26-3/h4-9,12H,10-11H2,1-3H3,(H2,21,22,24). The summed E-state index contributed by atoms with van der Waals surface area (Å²) in [5, 5.41) is 5.85. The summed E-state index contributed by atoms with van der Waals surface area (Å²) in [6.45, 7) is 1.51. The van der Waals surface area contributed by atoms with Crippen LogP contribution in [-0.4, -0.2) is 26.0 Å². The molecule has 3 rings (SSSR count). The molecule has 1 fully saturated rings. The number of ether oxygens (including phenoxy) is 2. The van der Waals surface area contributed by atoms with E-state index in [4.69, 9.17) is 9.47 Å². The summed E-state index contributed by atoms with van der Waals surface area (Å²) in [4.78, 5) is 23.7. The Kier molecular flexibility index (Phi) is 4.84. The number of carbonyl (C=O) groups is 2. The molecule has 0 aromatic heterocycles. The molecule has 26 heavy (non-hydrogen) atoms. The lowest BCUT2D eigenvalue weighted by molar-refractivity contribution is 0.101. The van der Waals surface area contributed by atoms with Crippen LogP contribution in [0.4, 0.5) is 10.5 Å². The van der Waals surface area contributed by atoms with Crippen molar-refractivity contribution in [2.75, 3.05) is 19.5 Å². The van der Waals surface area contributed by atoms with Gasteiger partial charge >= 0.3 is 6.03 Å². The van der Waals surface area contributed by atoms with E-state index in [0.29, 0.717) is 22.7 Å². The van der Waals surface area contributed by atoms with Crippen molar-refractivity contribution in [3.8, 4) is 11.5 Å². The maximum absolute atomic E-state index is 12.4. The Hall–Kier alpha value is -3.02. The van der Waals surface area contributed by atoms with Crippen LogP contribution in [0.15, 0.2) is 42.5 Å². The molecular formula is C20H22N2O4. The number of amides is 2. The van der Waals surface area contributed by atoms with Crippen LogP contribution < -0.4 is 20.1 Å². The molecule has 1 aliphatic rings. The molecule has 0 spiro atoms. The van der Waals surface area contributed by atoms with E-state index in [1.54, 1.807) is 38.5 Å². The third-order valence-electron chi connectivity index (χ3n) is 4.59. The second-order valence-corrected chi connectivity index (χ2v) is 6.36. The van der Waals surface area contributed by atoms with Crippen molar-refractivity contribution in [1.82, 2.24) is 5.32 Å². The number of carbonyl (C=O) groups excluding carboxylic acids is 2. The van der Waals surface area contributed by atoms with E-state index in [-0.39, 0.29) is 17.4 Å². The molecule has 0 bridgehead atoms. The SMILES string of the molecule is COc1ccc(C2(NC(=O)Nc3ccc(C(C)=O)cc3)CC2)cc1OC. The molecule has 2 aromatic rings. The fourth-order valence-electron chi connectivity index (χ4n) is 2.91. The third-order valence-corrected chi connectivity index (χ3v) is 4.59. The molecule has 0 aliphatic heterocycles. The molecule has 0 radical (unpaired) electrons. The Morgan fingerprint density at radius 2 is 1.62 bits per heavy atom. The highest BCUT2D eigenvalue weighted by molar-refractivity contribution is 5.95. The number of ketones is 1. The molecule has 1 saturated carbocycles. The molecule has 0 atom stereocenters. The van der Waals surface area contributed by atoms with Gasteiger partial charge in [0.25, 0.3) is 0 Å². The average Bonchev–Trinajstić information content (AvgIpc) is 3.42. The van der Waals surface area contributed by atoms with Gasteiger partial charge in [-0.3, -0.25) is 4.79 Å². The van der Waals surface area contributed by atoms with Gasteiger partial charge in [0, 0.05) is 11.3 Å². The first kappa shape index (κ1) is 17.8. The van der Waals surface area contributed by atoms with Crippen molar-refractivity contribution < 1.29 is 19.1 Å². The van der Waals surface area contributed by atoms with Crippen molar-refractivity contribution in [3.05, 3.63) is 53.6 Å². The summed E-state index contributed by atoms with van der Waals surface area (Å²) < 4.78 is 10.6. The van der Waals surface area contributed by atoms with Crippen molar-refractivity contribution in [3.63, 3.8) is 0 Å². The zero-order chi connectivity index (χ0) is 18.7. The van der Waals surface area contributed by atoms with Gasteiger partial charge in [0.1, 0.15) is 0 Å². The Morgan fingerprint density at radius 1 is 0.962 bits per heavy atom. The number of hydrogen-bond donors (Lipinski definition) is 2. The minimum Gasteiger partial charge on any atom is -0.493 e. The van der Waals surface area contributed by atoms with Gasteiger partial charge in [-0.2, -0.15) is 0 Å². The molecule has 2 N–H and O–H groups in total. The van der Waals surface area contributed by atoms with E-state index in [1.807, 2.05) is 18.2 Å². The van der Waals surface area contributed by atoms with Gasteiger partial charge in [0.2, 0.25) is 0 Å². The van der Waals surface area contributed by atoms with Gasteiger partial charge in [-0.05, 0) is 61.7 Å². The van der Waals surface area contributed by atoms with Gasteiger partial charge < -0.3 is 20.1 Å². The summed E-state index contributed by atoms with van der Waals surface area (Å²) in [5.74, 6) is 1.28. The second kappa shape index (κ2) is 7.07. The molecular weight excluding hydrogens is 332 g/mol. The predicted molar refractivity (Wildman–Crippen MR) is 99.1 cm³/mol. The van der Waals surface area contributed by atoms with Gasteiger partial charge in [-0.1, -0.05) is 6.07 Å². The summed E-state index contributed by atoms with van der Waals surface area (Å²) in [6.07, 6.45) is 1.72. The summed E-state index contributed by atoms with van der Waals surface area (Å²) >= 11 is 0. The summed E-state index contributed by atoms with van der Waals surface area (Å²) in [6, 6.07) is 12.2. The van der Waals surface area contributed by atoms with E-state index < -0.39 is 0 Å². The maximum Gasteiger partial charge on any atom is 0.319 e. The lowest BCUT2D eigenvalue weighted by Crippen LogP contribution is -2.38. The second-order valence-electron chi connectivity index (χ2n) is 6.36. The number of nitrogens with one attached hydrogen (secondary N) is 2. The minimum absolute atomic E-state index is 0.00797. The molecule has 6 heteroatoms. The van der Waals surface area contributed by atoms with Crippen LogP contribution >= 0.6 is 0 Å². The number of anilines is 1. The van der Waals surface area contributed by atoms with E-state index >= 15 is 0 Å². The first-order chi connectivity index (χ1) is 12.5. The molecule has 2 amide bonds. The normalized spacial score (nSPS) is 14.3. The third kappa shape index (κ3) is 3.64. The minimum atomic E-state index is -0.386. The van der Waals surface area contributed by atoms with Crippen LogP contribution in [-0.2, 0) is 5.54 Å². The van der Waals surface area contributed by atoms with Crippen LogP contribution in [0, 0.1) is 0 Å². The molecule has 0 saturated heterocycles. The van der Waals surface area contributed by atoms with Crippen LogP contribution in [0.1, 0.15) is 35.7 Å². The lowest BCUT2D eigenvalue weighted by atomic mass is 10.0. The quantitative estimate of drug-likeness (QED) is 0.775. The highest BCUT2D eigenvalue weighted by atomic mass is 16.5. The number of hydrogen-bond acceptors (Lipinski definition) is 4. The molecule has 2 aromatic carbocycles. The topological polar surface area (TPSA) is 76.7 Å². The number of methoxy groups -OCH3 is 2. The van der Waals surface area contributed by atoms with Crippen molar-refractivity contribution in [1.29, 1.82) is 0 Å².